The molecule has 0 aliphatic carbocycles. The Morgan fingerprint density at radius 1 is 1.50 bits per heavy atom. The Balaban J connectivity index is 2.26. The molecule has 9 heteroatoms. The maximum absolute atomic E-state index is 12.6. The van der Waals surface area contributed by atoms with Crippen molar-refractivity contribution in [3.8, 4) is 0 Å². The maximum atomic E-state index is 12.6. The smallest absolute Gasteiger partial charge is 0.313 e. The summed E-state index contributed by atoms with van der Waals surface area (Å²) in [5.74, 6) is -1.42. The third kappa shape index (κ3) is 3.36. The Morgan fingerprint density at radius 2 is 2.21 bits per heavy atom. The first kappa shape index (κ1) is 18.2. The minimum absolute atomic E-state index is 0.0116. The molecule has 0 bridgehead atoms. The van der Waals surface area contributed by atoms with Gasteiger partial charge >= 0.3 is 5.97 Å². The Labute approximate surface area is 142 Å². The van der Waals surface area contributed by atoms with Gasteiger partial charge in [-0.05, 0) is 24.8 Å². The first-order chi connectivity index (χ1) is 11.3. The number of carbonyl (C=O) groups is 2. The summed E-state index contributed by atoms with van der Waals surface area (Å²) in [6.07, 6.45) is 2.00. The molecule has 1 amide bonds. The predicted octanol–water partition coefficient (Wildman–Crippen LogP) is 1.88. The van der Waals surface area contributed by atoms with E-state index in [4.69, 9.17) is 4.74 Å². The molecular formula is C15H18N2O6S. The van der Waals surface area contributed by atoms with Gasteiger partial charge in [-0.15, -0.1) is 11.8 Å². The van der Waals surface area contributed by atoms with Gasteiger partial charge in [0.05, 0.1) is 16.4 Å². The number of methoxy groups -OCH3 is 1. The predicted molar refractivity (Wildman–Crippen MR) is 87.3 cm³/mol. The van der Waals surface area contributed by atoms with Gasteiger partial charge in [0, 0.05) is 31.8 Å². The minimum atomic E-state index is -1.13. The zero-order valence-corrected chi connectivity index (χ0v) is 14.2. The van der Waals surface area contributed by atoms with Crippen LogP contribution in [0.5, 0.6) is 0 Å². The van der Waals surface area contributed by atoms with Gasteiger partial charge in [0.15, 0.2) is 0 Å². The molecule has 0 radical (unpaired) electrons. The number of thioether (sulfide) groups is 1. The van der Waals surface area contributed by atoms with E-state index >= 15 is 0 Å². The summed E-state index contributed by atoms with van der Waals surface area (Å²) < 4.78 is 4.99. The highest BCUT2D eigenvalue weighted by Crippen LogP contribution is 2.33. The lowest BCUT2D eigenvalue weighted by molar-refractivity contribution is -0.387. The van der Waals surface area contributed by atoms with Gasteiger partial charge in [0.2, 0.25) is 0 Å². The highest BCUT2D eigenvalue weighted by atomic mass is 32.2. The molecule has 1 saturated heterocycles. The molecule has 1 heterocycles. The molecule has 0 spiro atoms. The SMILES string of the molecule is COCC1(C(=O)O)CCN(C(=O)c2ccc(SC)c([N+](=O)[O-])c2)C1. The number of nitro benzene ring substituents is 1. The third-order valence-electron chi connectivity index (χ3n) is 4.14. The van der Waals surface area contributed by atoms with Gasteiger partial charge in [-0.2, -0.15) is 0 Å². The second-order valence-corrected chi connectivity index (χ2v) is 6.49. The van der Waals surface area contributed by atoms with E-state index in [0.717, 1.165) is 0 Å². The van der Waals surface area contributed by atoms with Crippen LogP contribution in [0, 0.1) is 15.5 Å². The molecule has 1 aliphatic heterocycles. The standard InChI is InChI=1S/C15H18N2O6S/c1-23-9-15(14(19)20)5-6-16(8-15)13(18)10-3-4-12(24-2)11(7-10)17(21)22/h3-4,7H,5-6,8-9H2,1-2H3,(H,19,20). The summed E-state index contributed by atoms with van der Waals surface area (Å²) >= 11 is 1.23. The lowest BCUT2D eigenvalue weighted by Gasteiger charge is -2.23. The van der Waals surface area contributed by atoms with Crippen LogP contribution in [0.4, 0.5) is 5.69 Å². The number of ether oxygens (including phenoxy) is 1. The van der Waals surface area contributed by atoms with Crippen molar-refractivity contribution in [1.29, 1.82) is 0 Å². The largest absolute Gasteiger partial charge is 0.481 e. The molecule has 1 N–H and O–H groups in total. The molecule has 1 unspecified atom stereocenters. The molecule has 1 atom stereocenters. The zero-order chi connectivity index (χ0) is 17.9. The summed E-state index contributed by atoms with van der Waals surface area (Å²) in [6.45, 7) is 0.303. The summed E-state index contributed by atoms with van der Waals surface area (Å²) in [7, 11) is 1.42. The van der Waals surface area contributed by atoms with Crippen molar-refractivity contribution in [2.75, 3.05) is 33.1 Å². The van der Waals surface area contributed by atoms with Gasteiger partial charge in [-0.3, -0.25) is 19.7 Å². The van der Waals surface area contributed by atoms with E-state index < -0.39 is 22.2 Å². The van der Waals surface area contributed by atoms with E-state index in [2.05, 4.69) is 0 Å². The molecule has 130 valence electrons. The molecule has 0 saturated carbocycles. The van der Waals surface area contributed by atoms with Crippen molar-refractivity contribution in [2.24, 2.45) is 5.41 Å². The monoisotopic (exact) mass is 354 g/mol. The van der Waals surface area contributed by atoms with Crippen LogP contribution >= 0.6 is 11.8 Å². The lowest BCUT2D eigenvalue weighted by atomic mass is 9.88. The number of hydrogen-bond donors (Lipinski definition) is 1. The zero-order valence-electron chi connectivity index (χ0n) is 13.4. The number of likely N-dealkylation sites (tertiary alicyclic amines) is 1. The van der Waals surface area contributed by atoms with Crippen molar-refractivity contribution in [1.82, 2.24) is 4.90 Å². The second kappa shape index (κ2) is 7.18. The van der Waals surface area contributed by atoms with Crippen LogP contribution in [0.25, 0.3) is 0 Å². The fourth-order valence-electron chi connectivity index (χ4n) is 2.82. The number of hydrogen-bond acceptors (Lipinski definition) is 6. The average Bonchev–Trinajstić information content (AvgIpc) is 2.99. The van der Waals surface area contributed by atoms with Crippen molar-refractivity contribution >= 4 is 29.3 Å². The highest BCUT2D eigenvalue weighted by Gasteiger charge is 2.46. The molecule has 1 aromatic carbocycles. The summed E-state index contributed by atoms with van der Waals surface area (Å²) in [5, 5.41) is 20.6. The Kier molecular flexibility index (Phi) is 5.45. The fourth-order valence-corrected chi connectivity index (χ4v) is 3.37. The van der Waals surface area contributed by atoms with E-state index in [1.165, 1.54) is 42.0 Å². The number of rotatable bonds is 6. The topological polar surface area (TPSA) is 110 Å². The number of nitrogens with zero attached hydrogens (tertiary/aromatic N) is 2. The first-order valence-electron chi connectivity index (χ1n) is 7.18. The van der Waals surface area contributed by atoms with Gasteiger partial charge < -0.3 is 14.7 Å². The molecule has 1 aliphatic rings. The van der Waals surface area contributed by atoms with Gasteiger partial charge in [0.1, 0.15) is 5.41 Å². The molecule has 1 fully saturated rings. The van der Waals surface area contributed by atoms with Crippen LogP contribution in [0.2, 0.25) is 0 Å². The number of carboxylic acid groups (broad SMARTS) is 1. The van der Waals surface area contributed by atoms with Crippen molar-refractivity contribution < 1.29 is 24.4 Å². The van der Waals surface area contributed by atoms with E-state index in [-0.39, 0.29) is 37.4 Å². The van der Waals surface area contributed by atoms with Crippen LogP contribution in [0.1, 0.15) is 16.8 Å². The van der Waals surface area contributed by atoms with Gasteiger partial charge in [-0.25, -0.2) is 0 Å². The van der Waals surface area contributed by atoms with Crippen molar-refractivity contribution in [2.45, 2.75) is 11.3 Å². The molecule has 2 rings (SSSR count). The quantitative estimate of drug-likeness (QED) is 0.472. The molecule has 0 aromatic heterocycles. The minimum Gasteiger partial charge on any atom is -0.481 e. The number of amides is 1. The maximum Gasteiger partial charge on any atom is 0.313 e. The molecule has 8 nitrogen and oxygen atoms in total. The van der Waals surface area contributed by atoms with E-state index in [1.807, 2.05) is 0 Å². The van der Waals surface area contributed by atoms with Crippen LogP contribution in [0.3, 0.4) is 0 Å². The molecule has 1 aromatic rings. The lowest BCUT2D eigenvalue weighted by Crippen LogP contribution is -2.40. The normalized spacial score (nSPS) is 20.2. The Hall–Kier alpha value is -2.13. The summed E-state index contributed by atoms with van der Waals surface area (Å²) in [5.41, 5.74) is -1.08. The van der Waals surface area contributed by atoms with Gasteiger partial charge in [0.25, 0.3) is 11.6 Å². The number of benzene rings is 1. The molecular weight excluding hydrogens is 336 g/mol. The first-order valence-corrected chi connectivity index (χ1v) is 8.41. The third-order valence-corrected chi connectivity index (χ3v) is 4.92. The Morgan fingerprint density at radius 3 is 2.75 bits per heavy atom. The van der Waals surface area contributed by atoms with Crippen LogP contribution < -0.4 is 0 Å². The van der Waals surface area contributed by atoms with Crippen molar-refractivity contribution in [3.63, 3.8) is 0 Å². The van der Waals surface area contributed by atoms with E-state index in [1.54, 1.807) is 6.26 Å². The summed E-state index contributed by atoms with van der Waals surface area (Å²) in [6, 6.07) is 4.30. The van der Waals surface area contributed by atoms with Gasteiger partial charge in [-0.1, -0.05) is 0 Å². The number of carbonyl (C=O) groups excluding carboxylic acids is 1. The van der Waals surface area contributed by atoms with Crippen LogP contribution in [-0.4, -0.2) is 59.9 Å². The molecule has 24 heavy (non-hydrogen) atoms. The fraction of sp³-hybridized carbons (Fsp3) is 0.467. The summed E-state index contributed by atoms with van der Waals surface area (Å²) in [4.78, 5) is 36.6. The Bertz CT molecular complexity index is 680. The van der Waals surface area contributed by atoms with E-state index in [0.29, 0.717) is 4.90 Å². The van der Waals surface area contributed by atoms with Crippen molar-refractivity contribution in [3.05, 3.63) is 33.9 Å². The number of carboxylic acids is 1. The average molecular weight is 354 g/mol. The van der Waals surface area contributed by atoms with Crippen LogP contribution in [-0.2, 0) is 9.53 Å². The number of aliphatic carboxylic acids is 1. The second-order valence-electron chi connectivity index (χ2n) is 5.64. The number of nitro groups is 1. The van der Waals surface area contributed by atoms with E-state index in [9.17, 15) is 24.8 Å². The van der Waals surface area contributed by atoms with Crippen LogP contribution in [0.15, 0.2) is 23.1 Å². The highest BCUT2D eigenvalue weighted by molar-refractivity contribution is 7.98.